The van der Waals surface area contributed by atoms with Crippen molar-refractivity contribution in [2.75, 3.05) is 13.2 Å². The topological polar surface area (TPSA) is 59.8 Å². The summed E-state index contributed by atoms with van der Waals surface area (Å²) >= 11 is 7.09. The van der Waals surface area contributed by atoms with Crippen LogP contribution in [0.5, 0.6) is 5.75 Å². The summed E-state index contributed by atoms with van der Waals surface area (Å²) in [7, 11) is 0. The van der Waals surface area contributed by atoms with Crippen LogP contribution < -0.4 is 4.74 Å². The molecule has 5 nitrogen and oxygen atoms in total. The van der Waals surface area contributed by atoms with Crippen LogP contribution in [0.2, 0.25) is 5.02 Å². The maximum absolute atomic E-state index is 12.6. The second-order valence-electron chi connectivity index (χ2n) is 6.68. The Morgan fingerprint density at radius 2 is 1.83 bits per heavy atom. The van der Waals surface area contributed by atoms with Crippen molar-refractivity contribution in [3.05, 3.63) is 81.9 Å². The third-order valence-corrected chi connectivity index (χ3v) is 5.75. The first-order valence-corrected chi connectivity index (χ1v) is 10.5. The molecule has 3 aromatic rings. The first-order valence-electron chi connectivity index (χ1n) is 9.31. The van der Waals surface area contributed by atoms with Crippen LogP contribution in [0.4, 0.5) is 4.79 Å². The molecule has 0 radical (unpaired) electrons. The zero-order chi connectivity index (χ0) is 21.1. The van der Waals surface area contributed by atoms with E-state index < -0.39 is 0 Å². The van der Waals surface area contributed by atoms with Gasteiger partial charge in [0.15, 0.2) is 0 Å². The van der Waals surface area contributed by atoms with Gasteiger partial charge in [-0.05, 0) is 55.1 Å². The molecule has 1 saturated heterocycles. The van der Waals surface area contributed by atoms with Gasteiger partial charge in [-0.25, -0.2) is 0 Å². The summed E-state index contributed by atoms with van der Waals surface area (Å²) in [5.41, 5.74) is 1.90. The Morgan fingerprint density at radius 3 is 2.60 bits per heavy atom. The van der Waals surface area contributed by atoms with Gasteiger partial charge >= 0.3 is 0 Å². The lowest BCUT2D eigenvalue weighted by molar-refractivity contribution is -0.123. The van der Waals surface area contributed by atoms with Gasteiger partial charge in [0, 0.05) is 11.6 Å². The molecule has 30 heavy (non-hydrogen) atoms. The van der Waals surface area contributed by atoms with E-state index in [1.807, 2.05) is 49.4 Å². The van der Waals surface area contributed by atoms with Gasteiger partial charge < -0.3 is 9.15 Å². The Balaban J connectivity index is 1.41. The van der Waals surface area contributed by atoms with Crippen molar-refractivity contribution < 1.29 is 18.7 Å². The number of amides is 2. The highest BCUT2D eigenvalue weighted by Crippen LogP contribution is 2.34. The zero-order valence-electron chi connectivity index (χ0n) is 16.1. The van der Waals surface area contributed by atoms with Crippen molar-refractivity contribution in [2.45, 2.75) is 6.92 Å². The molecule has 1 fully saturated rings. The monoisotopic (exact) mass is 439 g/mol. The summed E-state index contributed by atoms with van der Waals surface area (Å²) in [4.78, 5) is 26.4. The van der Waals surface area contributed by atoms with Gasteiger partial charge in [-0.2, -0.15) is 0 Å². The summed E-state index contributed by atoms with van der Waals surface area (Å²) in [6.45, 7) is 2.40. The lowest BCUT2D eigenvalue weighted by Crippen LogP contribution is -2.32. The minimum absolute atomic E-state index is 0.179. The third kappa shape index (κ3) is 4.45. The van der Waals surface area contributed by atoms with Crippen molar-refractivity contribution in [2.24, 2.45) is 0 Å². The van der Waals surface area contributed by atoms with Crippen LogP contribution in [-0.4, -0.2) is 29.2 Å². The van der Waals surface area contributed by atoms with E-state index in [4.69, 9.17) is 20.8 Å². The number of rotatable bonds is 6. The van der Waals surface area contributed by atoms with E-state index in [2.05, 4.69) is 0 Å². The molecule has 7 heteroatoms. The van der Waals surface area contributed by atoms with Crippen molar-refractivity contribution in [1.29, 1.82) is 0 Å². The number of halogens is 1. The molecule has 152 valence electrons. The van der Waals surface area contributed by atoms with Crippen molar-refractivity contribution >= 4 is 40.6 Å². The van der Waals surface area contributed by atoms with E-state index in [1.54, 1.807) is 24.3 Å². The van der Waals surface area contributed by atoms with Crippen LogP contribution in [0.25, 0.3) is 17.4 Å². The standard InChI is InChI=1S/C23H18ClNO4S/c1-15-6-8-16(9-7-15)28-13-12-25-22(26)21(30-23(25)27)14-17-10-11-20(29-17)18-4-2-3-5-19(18)24/h2-11,14H,12-13H2,1H3/b21-14-. The van der Waals surface area contributed by atoms with Gasteiger partial charge in [-0.1, -0.05) is 41.4 Å². The Kier molecular flexibility index (Phi) is 5.97. The normalized spacial score (nSPS) is 15.3. The highest BCUT2D eigenvalue weighted by atomic mass is 35.5. The number of carbonyl (C=O) groups is 2. The molecule has 2 amide bonds. The minimum atomic E-state index is -0.354. The average molecular weight is 440 g/mol. The first kappa shape index (κ1) is 20.3. The molecule has 0 N–H and O–H groups in total. The van der Waals surface area contributed by atoms with Crippen LogP contribution in [0, 0.1) is 6.92 Å². The summed E-state index contributed by atoms with van der Waals surface area (Å²) in [6.07, 6.45) is 1.58. The molecule has 1 aliphatic rings. The van der Waals surface area contributed by atoms with Gasteiger partial charge in [0.1, 0.15) is 23.9 Å². The SMILES string of the molecule is Cc1ccc(OCCN2C(=O)S/C(=C\c3ccc(-c4ccccc4Cl)o3)C2=O)cc1. The molecular formula is C23H18ClNO4S. The second-order valence-corrected chi connectivity index (χ2v) is 8.08. The number of benzene rings is 2. The highest BCUT2D eigenvalue weighted by Gasteiger charge is 2.35. The van der Waals surface area contributed by atoms with Crippen LogP contribution in [0.3, 0.4) is 0 Å². The number of nitrogens with zero attached hydrogens (tertiary/aromatic N) is 1. The molecule has 2 heterocycles. The largest absolute Gasteiger partial charge is 0.492 e. The van der Waals surface area contributed by atoms with Crippen molar-refractivity contribution in [1.82, 2.24) is 4.90 Å². The summed E-state index contributed by atoms with van der Waals surface area (Å²) in [5, 5.41) is 0.254. The first-order chi connectivity index (χ1) is 14.5. The number of hydrogen-bond donors (Lipinski definition) is 0. The second kappa shape index (κ2) is 8.81. The third-order valence-electron chi connectivity index (χ3n) is 4.52. The fourth-order valence-electron chi connectivity index (χ4n) is 2.95. The van der Waals surface area contributed by atoms with Gasteiger partial charge in [0.05, 0.1) is 16.5 Å². The minimum Gasteiger partial charge on any atom is -0.492 e. The Morgan fingerprint density at radius 1 is 1.07 bits per heavy atom. The van der Waals surface area contributed by atoms with Crippen LogP contribution >= 0.6 is 23.4 Å². The average Bonchev–Trinajstić information content (AvgIpc) is 3.30. The molecule has 0 bridgehead atoms. The highest BCUT2D eigenvalue weighted by molar-refractivity contribution is 8.18. The number of furan rings is 1. The Hall–Kier alpha value is -2.96. The molecule has 0 saturated carbocycles. The van der Waals surface area contributed by atoms with Crippen LogP contribution in [0.1, 0.15) is 11.3 Å². The molecule has 0 atom stereocenters. The summed E-state index contributed by atoms with van der Waals surface area (Å²) in [5.74, 6) is 1.42. The van der Waals surface area contributed by atoms with Crippen molar-refractivity contribution in [3.8, 4) is 17.1 Å². The fraction of sp³-hybridized carbons (Fsp3) is 0.130. The number of imide groups is 1. The van der Waals surface area contributed by atoms with E-state index in [1.165, 1.54) is 4.90 Å². The lowest BCUT2D eigenvalue weighted by Gasteiger charge is -2.13. The summed E-state index contributed by atoms with van der Waals surface area (Å²) < 4.78 is 11.4. The van der Waals surface area contributed by atoms with Gasteiger partial charge in [-0.3, -0.25) is 14.5 Å². The molecular weight excluding hydrogens is 422 g/mol. The number of thioether (sulfide) groups is 1. The number of carbonyl (C=O) groups excluding carboxylic acids is 2. The Bertz CT molecular complexity index is 1120. The molecule has 2 aromatic carbocycles. The molecule has 0 unspecified atom stereocenters. The van der Waals surface area contributed by atoms with E-state index >= 15 is 0 Å². The smallest absolute Gasteiger partial charge is 0.293 e. The number of hydrogen-bond acceptors (Lipinski definition) is 5. The molecule has 1 aromatic heterocycles. The Labute approximate surface area is 183 Å². The fourth-order valence-corrected chi connectivity index (χ4v) is 4.02. The lowest BCUT2D eigenvalue weighted by atomic mass is 10.2. The number of aryl methyl sites for hydroxylation is 1. The molecule has 4 rings (SSSR count). The maximum Gasteiger partial charge on any atom is 0.293 e. The number of ether oxygens (including phenoxy) is 1. The maximum atomic E-state index is 12.6. The van der Waals surface area contributed by atoms with E-state index in [0.717, 1.165) is 22.9 Å². The molecule has 1 aliphatic heterocycles. The van der Waals surface area contributed by atoms with E-state index in [9.17, 15) is 9.59 Å². The van der Waals surface area contributed by atoms with Gasteiger partial charge in [0.25, 0.3) is 11.1 Å². The van der Waals surface area contributed by atoms with Crippen molar-refractivity contribution in [3.63, 3.8) is 0 Å². The van der Waals surface area contributed by atoms with E-state index in [-0.39, 0.29) is 24.3 Å². The van der Waals surface area contributed by atoms with Gasteiger partial charge in [-0.15, -0.1) is 0 Å². The zero-order valence-corrected chi connectivity index (χ0v) is 17.7. The summed E-state index contributed by atoms with van der Waals surface area (Å²) in [6, 6.07) is 18.5. The predicted molar refractivity (Wildman–Crippen MR) is 119 cm³/mol. The van der Waals surface area contributed by atoms with Gasteiger partial charge in [0.2, 0.25) is 0 Å². The van der Waals surface area contributed by atoms with E-state index in [0.29, 0.717) is 27.2 Å². The van der Waals surface area contributed by atoms with Crippen LogP contribution in [-0.2, 0) is 4.79 Å². The molecule has 0 spiro atoms. The van der Waals surface area contributed by atoms with Crippen LogP contribution in [0.15, 0.2) is 70.0 Å². The molecule has 0 aliphatic carbocycles. The quantitative estimate of drug-likeness (QED) is 0.439. The predicted octanol–water partition coefficient (Wildman–Crippen LogP) is 6.02.